The first-order valence-electron chi connectivity index (χ1n) is 8.06. The Balaban J connectivity index is 2.44. The highest BCUT2D eigenvalue weighted by Crippen LogP contribution is 2.29. The van der Waals surface area contributed by atoms with Crippen molar-refractivity contribution in [2.24, 2.45) is 5.41 Å². The molecule has 0 aromatic rings. The van der Waals surface area contributed by atoms with Crippen LogP contribution in [0.25, 0.3) is 0 Å². The molecule has 0 saturated carbocycles. The fourth-order valence-electron chi connectivity index (χ4n) is 3.11. The molecule has 1 atom stereocenters. The average Bonchev–Trinajstić information content (AvgIpc) is 2.73. The Morgan fingerprint density at radius 3 is 2.55 bits per heavy atom. The van der Waals surface area contributed by atoms with Gasteiger partial charge in [0, 0.05) is 6.54 Å². The predicted molar refractivity (Wildman–Crippen MR) is 83.0 cm³/mol. The Kier molecular flexibility index (Phi) is 6.46. The van der Waals surface area contributed by atoms with Crippen molar-refractivity contribution in [3.63, 3.8) is 0 Å². The lowest BCUT2D eigenvalue weighted by atomic mass is 9.90. The Labute approximate surface area is 123 Å². The van der Waals surface area contributed by atoms with Crippen molar-refractivity contribution in [2.75, 3.05) is 26.2 Å². The van der Waals surface area contributed by atoms with Gasteiger partial charge in [0.15, 0.2) is 0 Å². The van der Waals surface area contributed by atoms with E-state index in [1.807, 2.05) is 6.92 Å². The Morgan fingerprint density at radius 2 is 2.10 bits per heavy atom. The van der Waals surface area contributed by atoms with Gasteiger partial charge in [0.2, 0.25) is 0 Å². The van der Waals surface area contributed by atoms with Gasteiger partial charge in [-0.15, -0.1) is 0 Å². The van der Waals surface area contributed by atoms with Crippen LogP contribution < -0.4 is 5.32 Å². The summed E-state index contributed by atoms with van der Waals surface area (Å²) >= 11 is 0. The first-order valence-corrected chi connectivity index (χ1v) is 8.06. The number of rotatable bonds is 9. The maximum absolute atomic E-state index is 11.6. The van der Waals surface area contributed by atoms with Gasteiger partial charge in [-0.05, 0) is 57.2 Å². The van der Waals surface area contributed by atoms with E-state index in [4.69, 9.17) is 0 Å². The zero-order chi connectivity index (χ0) is 15.2. The fourth-order valence-corrected chi connectivity index (χ4v) is 3.11. The molecule has 1 fully saturated rings. The van der Waals surface area contributed by atoms with Gasteiger partial charge >= 0.3 is 5.97 Å². The van der Waals surface area contributed by atoms with Crippen molar-refractivity contribution >= 4 is 5.97 Å². The van der Waals surface area contributed by atoms with Crippen LogP contribution in [0, 0.1) is 5.41 Å². The second kappa shape index (κ2) is 7.41. The first kappa shape index (κ1) is 17.4. The van der Waals surface area contributed by atoms with E-state index in [1.165, 1.54) is 6.42 Å². The van der Waals surface area contributed by atoms with Gasteiger partial charge in [-0.25, -0.2) is 0 Å². The highest BCUT2D eigenvalue weighted by molar-refractivity contribution is 5.78. The minimum Gasteiger partial charge on any atom is -0.480 e. The van der Waals surface area contributed by atoms with E-state index in [9.17, 15) is 9.90 Å². The van der Waals surface area contributed by atoms with Crippen molar-refractivity contribution in [3.05, 3.63) is 0 Å². The molecule has 118 valence electrons. The third-order valence-corrected chi connectivity index (χ3v) is 4.56. The number of carbonyl (C=O) groups is 1. The molecule has 0 spiro atoms. The molecule has 4 heteroatoms. The molecular formula is C16H32N2O2. The third-order valence-electron chi connectivity index (χ3n) is 4.56. The Hall–Kier alpha value is -0.610. The molecule has 1 rings (SSSR count). The van der Waals surface area contributed by atoms with Gasteiger partial charge in [0.05, 0.1) is 0 Å². The van der Waals surface area contributed by atoms with Crippen LogP contribution >= 0.6 is 0 Å². The summed E-state index contributed by atoms with van der Waals surface area (Å²) < 4.78 is 0. The number of nitrogens with zero attached hydrogens (tertiary/aromatic N) is 1. The fraction of sp³-hybridized carbons (Fsp3) is 0.938. The van der Waals surface area contributed by atoms with Crippen LogP contribution in [0.5, 0.6) is 0 Å². The topological polar surface area (TPSA) is 52.6 Å². The van der Waals surface area contributed by atoms with E-state index in [1.54, 1.807) is 0 Å². The summed E-state index contributed by atoms with van der Waals surface area (Å²) in [5.74, 6) is -0.699. The van der Waals surface area contributed by atoms with Crippen molar-refractivity contribution in [3.8, 4) is 0 Å². The minimum atomic E-state index is -0.731. The van der Waals surface area contributed by atoms with E-state index in [0.29, 0.717) is 11.8 Å². The van der Waals surface area contributed by atoms with Crippen molar-refractivity contribution in [2.45, 2.75) is 65.3 Å². The summed E-state index contributed by atoms with van der Waals surface area (Å²) in [6.45, 7) is 12.7. The minimum absolute atomic E-state index is 0.426. The van der Waals surface area contributed by atoms with Crippen LogP contribution in [0.3, 0.4) is 0 Å². The normalized spacial score (nSPS) is 21.8. The van der Waals surface area contributed by atoms with Gasteiger partial charge in [-0.1, -0.05) is 27.7 Å². The summed E-state index contributed by atoms with van der Waals surface area (Å²) in [4.78, 5) is 14.1. The number of carboxylic acid groups (broad SMARTS) is 1. The molecule has 0 radical (unpaired) electrons. The summed E-state index contributed by atoms with van der Waals surface area (Å²) in [5.41, 5.74) is -0.305. The number of hydrogen-bond acceptors (Lipinski definition) is 3. The first-order chi connectivity index (χ1) is 9.35. The maximum Gasteiger partial charge on any atom is 0.323 e. The second-order valence-electron chi connectivity index (χ2n) is 6.96. The number of carboxylic acids is 1. The van der Waals surface area contributed by atoms with Crippen LogP contribution in [-0.2, 0) is 4.79 Å². The molecule has 1 heterocycles. The molecule has 0 bridgehead atoms. The molecule has 4 nitrogen and oxygen atoms in total. The Morgan fingerprint density at radius 1 is 1.40 bits per heavy atom. The van der Waals surface area contributed by atoms with Crippen LogP contribution in [0.4, 0.5) is 0 Å². The summed E-state index contributed by atoms with van der Waals surface area (Å²) in [6.07, 6.45) is 4.53. The molecule has 1 unspecified atom stereocenters. The number of hydrogen-bond donors (Lipinski definition) is 2. The van der Waals surface area contributed by atoms with Crippen molar-refractivity contribution in [1.82, 2.24) is 10.2 Å². The molecule has 1 saturated heterocycles. The molecule has 1 aliphatic rings. The van der Waals surface area contributed by atoms with Gasteiger partial charge in [0.1, 0.15) is 5.54 Å². The van der Waals surface area contributed by atoms with Gasteiger partial charge in [-0.2, -0.15) is 0 Å². The van der Waals surface area contributed by atoms with Crippen LogP contribution in [0.15, 0.2) is 0 Å². The number of nitrogens with one attached hydrogen (secondary N) is 1. The average molecular weight is 284 g/mol. The lowest BCUT2D eigenvalue weighted by Gasteiger charge is -2.30. The molecule has 0 amide bonds. The molecule has 0 aromatic heterocycles. The van der Waals surface area contributed by atoms with Crippen LogP contribution in [0.1, 0.15) is 59.8 Å². The third kappa shape index (κ3) is 4.74. The van der Waals surface area contributed by atoms with E-state index in [2.05, 4.69) is 31.0 Å². The van der Waals surface area contributed by atoms with E-state index in [-0.39, 0.29) is 0 Å². The second-order valence-corrected chi connectivity index (χ2v) is 6.96. The van der Waals surface area contributed by atoms with E-state index in [0.717, 1.165) is 45.4 Å². The highest BCUT2D eigenvalue weighted by atomic mass is 16.4. The van der Waals surface area contributed by atoms with Crippen LogP contribution in [-0.4, -0.2) is 47.7 Å². The highest BCUT2D eigenvalue weighted by Gasteiger charge is 2.36. The largest absolute Gasteiger partial charge is 0.480 e. The monoisotopic (exact) mass is 284 g/mol. The van der Waals surface area contributed by atoms with Crippen LogP contribution in [0.2, 0.25) is 0 Å². The molecule has 20 heavy (non-hydrogen) atoms. The zero-order valence-corrected chi connectivity index (χ0v) is 13.7. The zero-order valence-electron chi connectivity index (χ0n) is 13.7. The van der Waals surface area contributed by atoms with E-state index < -0.39 is 11.5 Å². The molecular weight excluding hydrogens is 252 g/mol. The summed E-state index contributed by atoms with van der Waals surface area (Å²) in [6, 6.07) is 0. The summed E-state index contributed by atoms with van der Waals surface area (Å²) in [7, 11) is 0. The van der Waals surface area contributed by atoms with Gasteiger partial charge < -0.3 is 15.3 Å². The smallest absolute Gasteiger partial charge is 0.323 e. The maximum atomic E-state index is 11.6. The van der Waals surface area contributed by atoms with Gasteiger partial charge in [-0.3, -0.25) is 4.79 Å². The van der Waals surface area contributed by atoms with Crippen molar-refractivity contribution in [1.29, 1.82) is 0 Å². The lowest BCUT2D eigenvalue weighted by Crippen LogP contribution is -2.52. The van der Waals surface area contributed by atoms with Gasteiger partial charge in [0.25, 0.3) is 0 Å². The quantitative estimate of drug-likeness (QED) is 0.683. The molecule has 1 aliphatic heterocycles. The predicted octanol–water partition coefficient (Wildman–Crippen LogP) is 2.73. The lowest BCUT2D eigenvalue weighted by molar-refractivity contribution is -0.145. The van der Waals surface area contributed by atoms with Crippen molar-refractivity contribution < 1.29 is 9.90 Å². The molecule has 0 aromatic carbocycles. The standard InChI is InChI=1S/C16H32N2O2/c1-5-10-17-16(6-2,14(19)20)8-7-11-18-12-9-15(3,4)13-18/h17H,5-13H2,1-4H3,(H,19,20). The Bertz CT molecular complexity index is 318. The molecule has 0 aliphatic carbocycles. The van der Waals surface area contributed by atoms with E-state index >= 15 is 0 Å². The summed E-state index contributed by atoms with van der Waals surface area (Å²) in [5, 5.41) is 12.8. The number of aliphatic carboxylic acids is 1. The molecule has 2 N–H and O–H groups in total. The SMILES string of the molecule is CCCNC(CC)(CCCN1CCC(C)(C)C1)C(=O)O. The number of likely N-dealkylation sites (tertiary alicyclic amines) is 1.